The Balaban J connectivity index is 1.01. The monoisotopic (exact) mass is 592 g/mol. The van der Waals surface area contributed by atoms with Crippen molar-refractivity contribution in [2.24, 2.45) is 7.05 Å². The molecular weight excluding hydrogens is 559 g/mol. The largest absolute Gasteiger partial charge is 0.492 e. The summed E-state index contributed by atoms with van der Waals surface area (Å²) in [5.74, 6) is 1.17. The number of fused-ring (bicyclic) bond motifs is 3. The van der Waals surface area contributed by atoms with Gasteiger partial charge in [0.05, 0.1) is 31.2 Å². The van der Waals surface area contributed by atoms with Gasteiger partial charge in [-0.25, -0.2) is 14.2 Å². The van der Waals surface area contributed by atoms with Gasteiger partial charge in [-0.15, -0.1) is 5.10 Å². The molecule has 4 aromatic heterocycles. The number of ether oxygens (including phenoxy) is 2. The number of rotatable bonds is 8. The highest BCUT2D eigenvalue weighted by Gasteiger charge is 2.24. The second kappa shape index (κ2) is 11.3. The van der Waals surface area contributed by atoms with Crippen molar-refractivity contribution >= 4 is 28.4 Å². The van der Waals surface area contributed by atoms with Crippen molar-refractivity contribution in [1.29, 1.82) is 0 Å². The number of hydrogen-bond acceptors (Lipinski definition) is 11. The van der Waals surface area contributed by atoms with Crippen LogP contribution in [0.25, 0.3) is 28.4 Å². The Labute approximate surface area is 245 Å². The lowest BCUT2D eigenvalue weighted by Crippen LogP contribution is -2.47. The van der Waals surface area contributed by atoms with Gasteiger partial charge in [-0.3, -0.25) is 14.0 Å². The van der Waals surface area contributed by atoms with Crippen LogP contribution in [0.1, 0.15) is 0 Å². The van der Waals surface area contributed by atoms with Gasteiger partial charge in [0.25, 0.3) is 0 Å². The lowest BCUT2D eigenvalue weighted by molar-refractivity contribution is 0.0592. The number of hydrogen-bond donors (Lipinski definition) is 2. The molecule has 2 aliphatic rings. The molecule has 1 atom stereocenters. The van der Waals surface area contributed by atoms with E-state index in [1.54, 1.807) is 36.1 Å². The number of benzene rings is 1. The van der Waals surface area contributed by atoms with Crippen LogP contribution in [0, 0.1) is 5.82 Å². The van der Waals surface area contributed by atoms with Crippen LogP contribution in [-0.4, -0.2) is 98.7 Å². The van der Waals surface area contributed by atoms with E-state index in [0.717, 1.165) is 19.6 Å². The SMILES string of the molecule is Cn1c(=O)n(CCN2CCN(c3ccc(OCC4COCCN4)cc3F)CC2)c2nc(N)n3nc(-c4ccco4)nc3c21. The van der Waals surface area contributed by atoms with Gasteiger partial charge >= 0.3 is 5.69 Å². The van der Waals surface area contributed by atoms with Crippen LogP contribution in [0.5, 0.6) is 5.75 Å². The quantitative estimate of drug-likeness (QED) is 0.266. The van der Waals surface area contributed by atoms with E-state index in [-0.39, 0.29) is 23.5 Å². The first-order valence-corrected chi connectivity index (χ1v) is 14.3. The molecule has 0 amide bonds. The summed E-state index contributed by atoms with van der Waals surface area (Å²) in [6, 6.07) is 8.64. The van der Waals surface area contributed by atoms with E-state index in [9.17, 15) is 4.79 Å². The minimum atomic E-state index is -0.306. The zero-order valence-electron chi connectivity index (χ0n) is 23.8. The number of imidazole rings is 1. The maximum Gasteiger partial charge on any atom is 0.330 e. The molecule has 14 nitrogen and oxygen atoms in total. The van der Waals surface area contributed by atoms with Crippen molar-refractivity contribution in [2.75, 3.05) is 69.7 Å². The highest BCUT2D eigenvalue weighted by atomic mass is 19.1. The summed E-state index contributed by atoms with van der Waals surface area (Å²) in [6.45, 7) is 6.30. The number of furan rings is 1. The normalized spacial score (nSPS) is 18.2. The molecule has 1 unspecified atom stereocenters. The topological polar surface area (TPSA) is 146 Å². The Hall–Kier alpha value is -4.47. The number of halogens is 1. The van der Waals surface area contributed by atoms with Gasteiger partial charge in [-0.2, -0.15) is 9.50 Å². The number of nitrogen functional groups attached to an aromatic ring is 1. The maximum absolute atomic E-state index is 15.0. The third kappa shape index (κ3) is 5.19. The first-order valence-electron chi connectivity index (χ1n) is 14.3. The number of aromatic nitrogens is 6. The molecule has 0 bridgehead atoms. The van der Waals surface area contributed by atoms with Crippen molar-refractivity contribution in [1.82, 2.24) is 38.9 Å². The fraction of sp³-hybridized carbons (Fsp3) is 0.429. The van der Waals surface area contributed by atoms with E-state index in [0.29, 0.717) is 85.8 Å². The molecule has 7 rings (SSSR count). The standard InChI is InChI=1S/C28H33FN10O4/c1-35-23-25(33-27(30)39-26(23)32-24(34-39)22-3-2-13-42-22)38(28(35)40)12-9-36-7-10-37(11-8-36)21-5-4-19(15-20(21)29)43-17-18-16-41-14-6-31-18/h2-5,13,15,18,31H,6-12,14,16-17H2,1H3,(H2,30,33). The zero-order valence-corrected chi connectivity index (χ0v) is 23.8. The summed E-state index contributed by atoms with van der Waals surface area (Å²) < 4.78 is 36.3. The summed E-state index contributed by atoms with van der Waals surface area (Å²) in [6.07, 6.45) is 1.54. The van der Waals surface area contributed by atoms with Crippen LogP contribution in [0.15, 0.2) is 45.8 Å². The molecule has 6 heterocycles. The Morgan fingerprint density at radius 3 is 2.74 bits per heavy atom. The van der Waals surface area contributed by atoms with Gasteiger partial charge in [0.2, 0.25) is 11.8 Å². The van der Waals surface area contributed by atoms with Crippen LogP contribution < -0.4 is 26.4 Å². The minimum Gasteiger partial charge on any atom is -0.492 e. The predicted molar refractivity (Wildman–Crippen MR) is 157 cm³/mol. The molecule has 0 aliphatic carbocycles. The van der Waals surface area contributed by atoms with Gasteiger partial charge < -0.3 is 29.8 Å². The van der Waals surface area contributed by atoms with E-state index < -0.39 is 0 Å². The highest BCUT2D eigenvalue weighted by Crippen LogP contribution is 2.26. The number of nitrogens with one attached hydrogen (secondary N) is 1. The molecule has 43 heavy (non-hydrogen) atoms. The zero-order chi connectivity index (χ0) is 29.5. The van der Waals surface area contributed by atoms with E-state index in [1.165, 1.54) is 15.1 Å². The van der Waals surface area contributed by atoms with E-state index in [2.05, 4.69) is 25.3 Å². The van der Waals surface area contributed by atoms with E-state index >= 15 is 4.39 Å². The molecule has 2 saturated heterocycles. The summed E-state index contributed by atoms with van der Waals surface area (Å²) >= 11 is 0. The molecule has 5 aromatic rings. The second-order valence-corrected chi connectivity index (χ2v) is 10.8. The number of nitrogens with two attached hydrogens (primary N) is 1. The first kappa shape index (κ1) is 27.4. The van der Waals surface area contributed by atoms with Crippen LogP contribution in [-0.2, 0) is 18.3 Å². The molecule has 1 aromatic carbocycles. The van der Waals surface area contributed by atoms with E-state index in [4.69, 9.17) is 19.6 Å². The molecule has 15 heteroatoms. The third-order valence-electron chi connectivity index (χ3n) is 8.04. The van der Waals surface area contributed by atoms with Gasteiger partial charge in [0.1, 0.15) is 23.7 Å². The average Bonchev–Trinajstić information content (AvgIpc) is 3.76. The Morgan fingerprint density at radius 2 is 2.00 bits per heavy atom. The Kier molecular flexibility index (Phi) is 7.20. The van der Waals surface area contributed by atoms with Crippen molar-refractivity contribution in [3.63, 3.8) is 0 Å². The fourth-order valence-corrected chi connectivity index (χ4v) is 5.71. The molecule has 0 spiro atoms. The molecule has 3 N–H and O–H groups in total. The summed E-state index contributed by atoms with van der Waals surface area (Å²) in [7, 11) is 1.69. The number of anilines is 2. The van der Waals surface area contributed by atoms with Gasteiger partial charge in [0, 0.05) is 58.9 Å². The van der Waals surface area contributed by atoms with Crippen molar-refractivity contribution < 1.29 is 18.3 Å². The highest BCUT2D eigenvalue weighted by molar-refractivity contribution is 5.88. The van der Waals surface area contributed by atoms with Crippen LogP contribution in [0.3, 0.4) is 0 Å². The summed E-state index contributed by atoms with van der Waals surface area (Å²) in [4.78, 5) is 26.7. The number of morpholine rings is 1. The van der Waals surface area contributed by atoms with E-state index in [1.807, 2.05) is 11.0 Å². The summed E-state index contributed by atoms with van der Waals surface area (Å²) in [5.41, 5.74) is 7.99. The molecular formula is C28H33FN10O4. The second-order valence-electron chi connectivity index (χ2n) is 10.8. The molecule has 2 aliphatic heterocycles. The van der Waals surface area contributed by atoms with Crippen LogP contribution in [0.2, 0.25) is 0 Å². The van der Waals surface area contributed by atoms with Crippen molar-refractivity contribution in [3.05, 3.63) is 52.9 Å². The fourth-order valence-electron chi connectivity index (χ4n) is 5.71. The van der Waals surface area contributed by atoms with Gasteiger partial charge in [0.15, 0.2) is 17.1 Å². The summed E-state index contributed by atoms with van der Waals surface area (Å²) in [5, 5.41) is 7.75. The lowest BCUT2D eigenvalue weighted by Gasteiger charge is -2.36. The smallest absolute Gasteiger partial charge is 0.330 e. The van der Waals surface area contributed by atoms with Crippen molar-refractivity contribution in [2.45, 2.75) is 12.6 Å². The number of aryl methyl sites for hydroxylation is 1. The maximum atomic E-state index is 15.0. The minimum absolute atomic E-state index is 0.103. The van der Waals surface area contributed by atoms with Crippen molar-refractivity contribution in [3.8, 4) is 17.3 Å². The predicted octanol–water partition coefficient (Wildman–Crippen LogP) is 0.948. The van der Waals surface area contributed by atoms with Gasteiger partial charge in [-0.1, -0.05) is 0 Å². The number of nitrogens with zero attached hydrogens (tertiary/aromatic N) is 8. The Morgan fingerprint density at radius 1 is 1.14 bits per heavy atom. The molecule has 2 fully saturated rings. The molecule has 0 radical (unpaired) electrons. The third-order valence-corrected chi connectivity index (χ3v) is 8.04. The number of piperazine rings is 1. The van der Waals surface area contributed by atoms with Crippen LogP contribution in [0.4, 0.5) is 16.0 Å². The average molecular weight is 593 g/mol. The van der Waals surface area contributed by atoms with Gasteiger partial charge in [-0.05, 0) is 24.3 Å². The first-order chi connectivity index (χ1) is 21.0. The molecule has 226 valence electrons. The lowest BCUT2D eigenvalue weighted by atomic mass is 10.2. The molecule has 0 saturated carbocycles. The Bertz CT molecular complexity index is 1800. The van der Waals surface area contributed by atoms with Crippen LogP contribution >= 0.6 is 0 Å².